The average Bonchev–Trinajstić information content (AvgIpc) is 2.39. The number of likely N-dealkylation sites (tertiary alicyclic amines) is 1. The number of rotatable bonds is 3. The van der Waals surface area contributed by atoms with E-state index in [-0.39, 0.29) is 6.03 Å². The predicted molar refractivity (Wildman–Crippen MR) is 79.1 cm³/mol. The fourth-order valence-corrected chi connectivity index (χ4v) is 2.71. The molecule has 1 saturated heterocycles. The number of nitrogens with one attached hydrogen (secondary N) is 1. The highest BCUT2D eigenvalue weighted by atomic mass is 16.2. The van der Waals surface area contributed by atoms with Crippen LogP contribution in [0.2, 0.25) is 0 Å². The van der Waals surface area contributed by atoms with Crippen molar-refractivity contribution in [2.24, 2.45) is 0 Å². The summed E-state index contributed by atoms with van der Waals surface area (Å²) >= 11 is 0. The molecule has 104 valence electrons. The minimum atomic E-state index is 0.00347. The van der Waals surface area contributed by atoms with Crippen molar-refractivity contribution in [3.8, 4) is 0 Å². The van der Waals surface area contributed by atoms with E-state index in [9.17, 15) is 4.79 Å². The van der Waals surface area contributed by atoms with Crippen LogP contribution in [0.15, 0.2) is 24.3 Å². The number of carbonyl (C=O) groups is 1. The van der Waals surface area contributed by atoms with Crippen molar-refractivity contribution in [3.63, 3.8) is 0 Å². The molecule has 0 spiro atoms. The van der Waals surface area contributed by atoms with Crippen LogP contribution in [0.25, 0.3) is 0 Å². The predicted octanol–water partition coefficient (Wildman–Crippen LogP) is 3.46. The molecule has 2 amide bonds. The molecule has 1 aliphatic rings. The molecule has 1 atom stereocenters. The SMILES string of the molecule is CCCC1CCCCN1C(=O)Nc1cccc(N)c1. The van der Waals surface area contributed by atoms with Crippen LogP contribution < -0.4 is 11.1 Å². The Morgan fingerprint density at radius 2 is 2.32 bits per heavy atom. The summed E-state index contributed by atoms with van der Waals surface area (Å²) in [5.74, 6) is 0. The van der Waals surface area contributed by atoms with Crippen LogP contribution in [-0.4, -0.2) is 23.5 Å². The fraction of sp³-hybridized carbons (Fsp3) is 0.533. The smallest absolute Gasteiger partial charge is 0.322 e. The van der Waals surface area contributed by atoms with Gasteiger partial charge in [-0.25, -0.2) is 4.79 Å². The van der Waals surface area contributed by atoms with Crippen LogP contribution in [-0.2, 0) is 0 Å². The monoisotopic (exact) mass is 261 g/mol. The summed E-state index contributed by atoms with van der Waals surface area (Å²) in [5, 5.41) is 2.95. The first kappa shape index (κ1) is 13.7. The lowest BCUT2D eigenvalue weighted by atomic mass is 9.99. The number of piperidine rings is 1. The molecular weight excluding hydrogens is 238 g/mol. The van der Waals surface area contributed by atoms with E-state index < -0.39 is 0 Å². The Morgan fingerprint density at radius 3 is 3.05 bits per heavy atom. The molecular formula is C15H23N3O. The molecule has 1 aliphatic heterocycles. The molecule has 0 radical (unpaired) electrons. The molecule has 19 heavy (non-hydrogen) atoms. The van der Waals surface area contributed by atoms with E-state index in [1.54, 1.807) is 6.07 Å². The zero-order valence-electron chi connectivity index (χ0n) is 11.6. The molecule has 0 bridgehead atoms. The summed E-state index contributed by atoms with van der Waals surface area (Å²) in [6.07, 6.45) is 5.66. The van der Waals surface area contributed by atoms with Gasteiger partial charge in [0.2, 0.25) is 0 Å². The first-order valence-corrected chi connectivity index (χ1v) is 7.14. The van der Waals surface area contributed by atoms with Gasteiger partial charge < -0.3 is 16.0 Å². The topological polar surface area (TPSA) is 58.4 Å². The Bertz CT molecular complexity index is 431. The summed E-state index contributed by atoms with van der Waals surface area (Å²) in [5.41, 5.74) is 7.16. The Hall–Kier alpha value is -1.71. The number of nitrogen functional groups attached to an aromatic ring is 1. The highest BCUT2D eigenvalue weighted by Crippen LogP contribution is 2.22. The lowest BCUT2D eigenvalue weighted by Crippen LogP contribution is -2.45. The molecule has 3 N–H and O–H groups in total. The summed E-state index contributed by atoms with van der Waals surface area (Å²) in [6, 6.07) is 7.72. The second-order valence-corrected chi connectivity index (χ2v) is 5.19. The van der Waals surface area contributed by atoms with E-state index in [0.717, 1.165) is 37.9 Å². The molecule has 0 aromatic heterocycles. The lowest BCUT2D eigenvalue weighted by Gasteiger charge is -2.35. The van der Waals surface area contributed by atoms with Gasteiger partial charge in [0.05, 0.1) is 0 Å². The number of urea groups is 1. The molecule has 4 heteroatoms. The molecule has 1 heterocycles. The maximum Gasteiger partial charge on any atom is 0.322 e. The Morgan fingerprint density at radius 1 is 1.47 bits per heavy atom. The van der Waals surface area contributed by atoms with Crippen molar-refractivity contribution in [2.45, 2.75) is 45.1 Å². The maximum absolute atomic E-state index is 12.3. The minimum Gasteiger partial charge on any atom is -0.399 e. The number of hydrogen-bond acceptors (Lipinski definition) is 2. The molecule has 0 saturated carbocycles. The van der Waals surface area contributed by atoms with Crippen molar-refractivity contribution in [1.29, 1.82) is 0 Å². The van der Waals surface area contributed by atoms with Gasteiger partial charge in [-0.15, -0.1) is 0 Å². The fourth-order valence-electron chi connectivity index (χ4n) is 2.71. The van der Waals surface area contributed by atoms with Crippen molar-refractivity contribution >= 4 is 17.4 Å². The third-order valence-corrected chi connectivity index (χ3v) is 3.65. The molecule has 1 aromatic carbocycles. The van der Waals surface area contributed by atoms with Gasteiger partial charge in [-0.05, 0) is 43.9 Å². The van der Waals surface area contributed by atoms with Crippen molar-refractivity contribution in [1.82, 2.24) is 4.90 Å². The van der Waals surface area contributed by atoms with Crippen LogP contribution in [0, 0.1) is 0 Å². The average molecular weight is 261 g/mol. The number of benzene rings is 1. The normalized spacial score (nSPS) is 19.2. The first-order chi connectivity index (χ1) is 9.20. The van der Waals surface area contributed by atoms with Gasteiger partial charge in [-0.2, -0.15) is 0 Å². The third-order valence-electron chi connectivity index (χ3n) is 3.65. The molecule has 4 nitrogen and oxygen atoms in total. The highest BCUT2D eigenvalue weighted by molar-refractivity contribution is 5.90. The van der Waals surface area contributed by atoms with Crippen LogP contribution in [0.4, 0.5) is 16.2 Å². The van der Waals surface area contributed by atoms with Crippen molar-refractivity contribution in [2.75, 3.05) is 17.6 Å². The zero-order chi connectivity index (χ0) is 13.7. The lowest BCUT2D eigenvalue weighted by molar-refractivity contribution is 0.157. The molecule has 0 aliphatic carbocycles. The van der Waals surface area contributed by atoms with E-state index in [1.165, 1.54) is 6.42 Å². The van der Waals surface area contributed by atoms with Gasteiger partial charge in [-0.3, -0.25) is 0 Å². The van der Waals surface area contributed by atoms with E-state index in [2.05, 4.69) is 12.2 Å². The third kappa shape index (κ3) is 3.63. The number of amides is 2. The van der Waals surface area contributed by atoms with E-state index >= 15 is 0 Å². The number of nitrogens with two attached hydrogens (primary N) is 1. The van der Waals surface area contributed by atoms with Crippen LogP contribution in [0.5, 0.6) is 0 Å². The number of anilines is 2. The van der Waals surface area contributed by atoms with E-state index in [1.807, 2.05) is 23.1 Å². The van der Waals surface area contributed by atoms with Gasteiger partial charge in [0.1, 0.15) is 0 Å². The molecule has 1 fully saturated rings. The van der Waals surface area contributed by atoms with E-state index in [0.29, 0.717) is 11.7 Å². The second kappa shape index (κ2) is 6.45. The Kier molecular flexibility index (Phi) is 4.66. The van der Waals surface area contributed by atoms with Gasteiger partial charge in [0.15, 0.2) is 0 Å². The molecule has 1 aromatic rings. The Labute approximate surface area is 115 Å². The standard InChI is InChI=1S/C15H23N3O/c1-2-6-14-9-3-4-10-18(14)15(19)17-13-8-5-7-12(16)11-13/h5,7-8,11,14H,2-4,6,9-10,16H2,1H3,(H,17,19). The number of hydrogen-bond donors (Lipinski definition) is 2. The maximum atomic E-state index is 12.3. The van der Waals surface area contributed by atoms with E-state index in [4.69, 9.17) is 5.73 Å². The van der Waals surface area contributed by atoms with Gasteiger partial charge in [0, 0.05) is 24.0 Å². The van der Waals surface area contributed by atoms with Gasteiger partial charge >= 0.3 is 6.03 Å². The number of carbonyl (C=O) groups excluding carboxylic acids is 1. The summed E-state index contributed by atoms with van der Waals surface area (Å²) in [7, 11) is 0. The Balaban J connectivity index is 2.01. The summed E-state index contributed by atoms with van der Waals surface area (Å²) < 4.78 is 0. The quantitative estimate of drug-likeness (QED) is 0.819. The summed E-state index contributed by atoms with van der Waals surface area (Å²) in [6.45, 7) is 3.03. The molecule has 1 unspecified atom stereocenters. The highest BCUT2D eigenvalue weighted by Gasteiger charge is 2.25. The van der Waals surface area contributed by atoms with Crippen molar-refractivity contribution in [3.05, 3.63) is 24.3 Å². The van der Waals surface area contributed by atoms with Crippen LogP contribution >= 0.6 is 0 Å². The minimum absolute atomic E-state index is 0.00347. The van der Waals surface area contributed by atoms with Gasteiger partial charge in [-0.1, -0.05) is 19.4 Å². The zero-order valence-corrected chi connectivity index (χ0v) is 11.6. The summed E-state index contributed by atoms with van der Waals surface area (Å²) in [4.78, 5) is 14.3. The van der Waals surface area contributed by atoms with Crippen LogP contribution in [0.3, 0.4) is 0 Å². The van der Waals surface area contributed by atoms with Crippen LogP contribution in [0.1, 0.15) is 39.0 Å². The molecule has 2 rings (SSSR count). The van der Waals surface area contributed by atoms with Gasteiger partial charge in [0.25, 0.3) is 0 Å². The largest absolute Gasteiger partial charge is 0.399 e. The second-order valence-electron chi connectivity index (χ2n) is 5.19. The van der Waals surface area contributed by atoms with Crippen molar-refractivity contribution < 1.29 is 4.79 Å². The first-order valence-electron chi connectivity index (χ1n) is 7.14. The number of nitrogens with zero attached hydrogens (tertiary/aromatic N) is 1.